The summed E-state index contributed by atoms with van der Waals surface area (Å²) in [5.74, 6) is 4.85. The van der Waals surface area contributed by atoms with Crippen molar-refractivity contribution in [1.82, 2.24) is 4.98 Å². The first kappa shape index (κ1) is 21.1. The first-order valence-corrected chi connectivity index (χ1v) is 8.07. The highest BCUT2D eigenvalue weighted by Crippen LogP contribution is 2.53. The summed E-state index contributed by atoms with van der Waals surface area (Å²) in [5.41, 5.74) is -6.56. The first-order valence-electron chi connectivity index (χ1n) is 7.13. The number of nitrogens with zero attached hydrogens (tertiary/aromatic N) is 2. The van der Waals surface area contributed by atoms with Gasteiger partial charge in [0.15, 0.2) is 0 Å². The molecule has 1 aromatic carbocycles. The third-order valence-electron chi connectivity index (χ3n) is 3.78. The molecule has 12 heteroatoms. The molecule has 0 bridgehead atoms. The molecule has 0 saturated carbocycles. The number of anilines is 1. The summed E-state index contributed by atoms with van der Waals surface area (Å²) in [6.07, 6.45) is -12.5. The second-order valence-corrected chi connectivity index (χ2v) is 6.38. The second-order valence-electron chi connectivity index (χ2n) is 5.66. The van der Waals surface area contributed by atoms with Crippen LogP contribution >= 0.6 is 11.3 Å². The van der Waals surface area contributed by atoms with Gasteiger partial charge in [-0.15, -0.1) is 11.3 Å². The van der Waals surface area contributed by atoms with E-state index in [2.05, 4.69) is 4.98 Å². The molecule has 2 aromatic rings. The highest BCUT2D eigenvalue weighted by atomic mass is 32.1. The number of carbonyl (C=O) groups excluding carboxylic acids is 1. The molecule has 1 heterocycles. The van der Waals surface area contributed by atoms with Gasteiger partial charge in [0.2, 0.25) is 0 Å². The van der Waals surface area contributed by atoms with E-state index in [1.54, 1.807) is 0 Å². The van der Waals surface area contributed by atoms with Crippen molar-refractivity contribution in [2.45, 2.75) is 31.9 Å². The molecule has 0 saturated heterocycles. The van der Waals surface area contributed by atoms with E-state index in [1.165, 1.54) is 10.9 Å². The van der Waals surface area contributed by atoms with E-state index in [0.717, 1.165) is 25.2 Å². The number of carbonyl (C=O) groups is 1. The van der Waals surface area contributed by atoms with E-state index in [9.17, 15) is 35.5 Å². The van der Waals surface area contributed by atoms with Crippen LogP contribution in [0.2, 0.25) is 0 Å². The number of hydrogen-bond acceptors (Lipinski definition) is 4. The zero-order valence-corrected chi connectivity index (χ0v) is 14.6. The normalized spacial score (nSPS) is 13.0. The van der Waals surface area contributed by atoms with Gasteiger partial charge in [-0.25, -0.2) is 20.2 Å². The number of hydrogen-bond donors (Lipinski definition) is 1. The summed E-state index contributed by atoms with van der Waals surface area (Å²) in [5, 5.41) is 1.91. The predicted octanol–water partition coefficient (Wildman–Crippen LogP) is 4.57. The number of thiazole rings is 1. The van der Waals surface area contributed by atoms with Crippen molar-refractivity contribution in [2.24, 2.45) is 5.84 Å². The number of amides is 1. The minimum Gasteiger partial charge on any atom is -0.265 e. The van der Waals surface area contributed by atoms with Crippen LogP contribution in [0, 0.1) is 13.8 Å². The number of nitrogens with two attached hydrogens (primary N) is 1. The number of aryl methyl sites for hydroxylation is 2. The fourth-order valence-electron chi connectivity index (χ4n) is 2.57. The van der Waals surface area contributed by atoms with Crippen molar-refractivity contribution in [3.05, 3.63) is 45.4 Å². The minimum atomic E-state index is -6.23. The Bertz CT molecular complexity index is 809. The standard InChI is InChI=1S/C15H12F7N3OS/c1-7-3-9(13(16,14(17,18)19)15(20,21)22)4-8(2)11(7)25(23)12(26)10-5-27-6-24-10/h3-6H,23H2,1-2H3. The largest absolute Gasteiger partial charge is 0.435 e. The molecular formula is C15H12F7N3OS. The van der Waals surface area contributed by atoms with E-state index >= 15 is 0 Å². The summed E-state index contributed by atoms with van der Waals surface area (Å²) in [4.78, 5) is 16.0. The topological polar surface area (TPSA) is 59.2 Å². The Morgan fingerprint density at radius 2 is 1.52 bits per heavy atom. The van der Waals surface area contributed by atoms with E-state index in [0.29, 0.717) is 17.1 Å². The summed E-state index contributed by atoms with van der Waals surface area (Å²) in [7, 11) is 0. The summed E-state index contributed by atoms with van der Waals surface area (Å²) >= 11 is 1.09. The summed E-state index contributed by atoms with van der Waals surface area (Å²) in [6.45, 7) is 2.24. The molecule has 0 unspecified atom stereocenters. The molecule has 0 aliphatic carbocycles. The van der Waals surface area contributed by atoms with Crippen molar-refractivity contribution in [1.29, 1.82) is 0 Å². The van der Waals surface area contributed by atoms with Crippen molar-refractivity contribution in [2.75, 3.05) is 5.01 Å². The Morgan fingerprint density at radius 1 is 1.04 bits per heavy atom. The highest BCUT2D eigenvalue weighted by Gasteiger charge is 2.73. The van der Waals surface area contributed by atoms with Crippen LogP contribution in [0.15, 0.2) is 23.0 Å². The Kier molecular flexibility index (Phi) is 5.27. The lowest BCUT2D eigenvalue weighted by molar-refractivity contribution is -0.348. The van der Waals surface area contributed by atoms with Gasteiger partial charge in [0, 0.05) is 10.9 Å². The van der Waals surface area contributed by atoms with Crippen LogP contribution in [0.3, 0.4) is 0 Å². The number of halogens is 7. The van der Waals surface area contributed by atoms with Gasteiger partial charge in [0.05, 0.1) is 11.2 Å². The van der Waals surface area contributed by atoms with E-state index in [-0.39, 0.29) is 22.5 Å². The molecule has 0 aliphatic heterocycles. The van der Waals surface area contributed by atoms with Gasteiger partial charge in [0.25, 0.3) is 5.91 Å². The highest BCUT2D eigenvalue weighted by molar-refractivity contribution is 7.07. The number of rotatable bonds is 3. The number of aromatic nitrogens is 1. The lowest BCUT2D eigenvalue weighted by Gasteiger charge is -2.31. The monoisotopic (exact) mass is 415 g/mol. The Morgan fingerprint density at radius 3 is 1.89 bits per heavy atom. The van der Waals surface area contributed by atoms with Gasteiger partial charge in [-0.3, -0.25) is 4.79 Å². The number of benzene rings is 1. The predicted molar refractivity (Wildman–Crippen MR) is 83.9 cm³/mol. The van der Waals surface area contributed by atoms with Crippen LogP contribution in [-0.2, 0) is 5.67 Å². The maximum absolute atomic E-state index is 14.2. The Labute approximate surface area is 152 Å². The second kappa shape index (κ2) is 6.75. The lowest BCUT2D eigenvalue weighted by Crippen LogP contribution is -2.50. The molecule has 0 atom stereocenters. The van der Waals surface area contributed by atoms with Gasteiger partial charge >= 0.3 is 18.0 Å². The van der Waals surface area contributed by atoms with Crippen LogP contribution in [0.25, 0.3) is 0 Å². The van der Waals surface area contributed by atoms with Gasteiger partial charge in [-0.05, 0) is 25.0 Å². The number of hydrazine groups is 1. The van der Waals surface area contributed by atoms with E-state index in [1.807, 2.05) is 0 Å². The smallest absolute Gasteiger partial charge is 0.265 e. The molecular weight excluding hydrogens is 403 g/mol. The maximum atomic E-state index is 14.2. The van der Waals surface area contributed by atoms with Gasteiger partial charge in [-0.2, -0.15) is 26.3 Å². The molecule has 0 radical (unpaired) electrons. The molecule has 2 rings (SSSR count). The van der Waals surface area contributed by atoms with Gasteiger partial charge < -0.3 is 0 Å². The first-order chi connectivity index (χ1) is 12.2. The molecule has 4 nitrogen and oxygen atoms in total. The molecule has 148 valence electrons. The summed E-state index contributed by atoms with van der Waals surface area (Å²) in [6, 6.07) is 0.745. The molecule has 0 spiro atoms. The van der Waals surface area contributed by atoms with Crippen molar-refractivity contribution >= 4 is 22.9 Å². The quantitative estimate of drug-likeness (QED) is 0.346. The van der Waals surface area contributed by atoms with E-state index < -0.39 is 29.5 Å². The third-order valence-corrected chi connectivity index (χ3v) is 4.37. The molecule has 0 fully saturated rings. The maximum Gasteiger partial charge on any atom is 0.435 e. The van der Waals surface area contributed by atoms with Crippen LogP contribution in [0.5, 0.6) is 0 Å². The summed E-state index contributed by atoms with van der Waals surface area (Å²) < 4.78 is 91.8. The zero-order valence-electron chi connectivity index (χ0n) is 13.7. The molecule has 2 N–H and O–H groups in total. The van der Waals surface area contributed by atoms with Crippen LogP contribution in [-0.4, -0.2) is 23.2 Å². The van der Waals surface area contributed by atoms with Crippen LogP contribution in [0.1, 0.15) is 27.2 Å². The Hall–Kier alpha value is -2.21. The van der Waals surface area contributed by atoms with Crippen molar-refractivity contribution < 1.29 is 35.5 Å². The molecule has 27 heavy (non-hydrogen) atoms. The van der Waals surface area contributed by atoms with Gasteiger partial charge in [-0.1, -0.05) is 12.1 Å². The minimum absolute atomic E-state index is 0.0594. The fourth-order valence-corrected chi connectivity index (χ4v) is 3.09. The number of alkyl halides is 7. The molecule has 1 aromatic heterocycles. The van der Waals surface area contributed by atoms with Crippen molar-refractivity contribution in [3.8, 4) is 0 Å². The van der Waals surface area contributed by atoms with E-state index in [4.69, 9.17) is 5.84 Å². The Balaban J connectivity index is 2.58. The van der Waals surface area contributed by atoms with Crippen molar-refractivity contribution in [3.63, 3.8) is 0 Å². The molecule has 1 amide bonds. The zero-order chi connectivity index (χ0) is 20.8. The average molecular weight is 415 g/mol. The van der Waals surface area contributed by atoms with Gasteiger partial charge in [0.1, 0.15) is 5.69 Å². The average Bonchev–Trinajstić information content (AvgIpc) is 3.04. The lowest BCUT2D eigenvalue weighted by atomic mass is 9.90. The van der Waals surface area contributed by atoms with Crippen LogP contribution in [0.4, 0.5) is 36.4 Å². The SMILES string of the molecule is Cc1cc(C(F)(C(F)(F)F)C(F)(F)F)cc(C)c1N(N)C(=O)c1cscn1. The van der Waals surface area contributed by atoms with Crippen LogP contribution < -0.4 is 10.9 Å². The molecule has 0 aliphatic rings. The third kappa shape index (κ3) is 3.50. The fraction of sp³-hybridized carbons (Fsp3) is 0.333.